The summed E-state index contributed by atoms with van der Waals surface area (Å²) in [6.07, 6.45) is 4.88. The molecule has 0 bridgehead atoms. The molecule has 1 aliphatic carbocycles. The first-order chi connectivity index (χ1) is 13.4. The molecule has 0 heterocycles. The zero-order chi connectivity index (χ0) is 20.1. The minimum Gasteiger partial charge on any atom is -0.324 e. The molecule has 2 aromatic rings. The molecule has 3 rings (SSSR count). The first-order valence-electron chi connectivity index (χ1n) is 9.14. The topological polar surface area (TPSA) is 66.5 Å². The molecule has 5 nitrogen and oxygen atoms in total. The van der Waals surface area contributed by atoms with Crippen LogP contribution >= 0.6 is 23.4 Å². The highest BCUT2D eigenvalue weighted by atomic mass is 35.5. The van der Waals surface area contributed by atoms with Gasteiger partial charge in [0.05, 0.1) is 17.1 Å². The lowest BCUT2D eigenvalue weighted by molar-refractivity contribution is -0.116. The molecule has 0 radical (unpaired) electrons. The number of hydrogen-bond acceptors (Lipinski definition) is 4. The smallest absolute Gasteiger partial charge is 0.243 e. The number of nitrogens with zero attached hydrogens (tertiary/aromatic N) is 1. The molecule has 1 saturated carbocycles. The van der Waals surface area contributed by atoms with Gasteiger partial charge in [-0.15, -0.1) is 11.8 Å². The van der Waals surface area contributed by atoms with Crippen molar-refractivity contribution >= 4 is 45.0 Å². The summed E-state index contributed by atoms with van der Waals surface area (Å²) in [6, 6.07) is 13.5. The Bertz CT molecular complexity index is 927. The summed E-state index contributed by atoms with van der Waals surface area (Å²) in [5.41, 5.74) is 0.724. The van der Waals surface area contributed by atoms with Crippen molar-refractivity contribution in [2.24, 2.45) is 0 Å². The van der Waals surface area contributed by atoms with Gasteiger partial charge in [-0.25, -0.2) is 8.42 Å². The minimum absolute atomic E-state index is 0.101. The third kappa shape index (κ3) is 5.29. The van der Waals surface area contributed by atoms with E-state index in [4.69, 9.17) is 11.6 Å². The Hall–Kier alpha value is -1.54. The number of sulfonamides is 1. The van der Waals surface area contributed by atoms with E-state index in [2.05, 4.69) is 5.32 Å². The highest BCUT2D eigenvalue weighted by Gasteiger charge is 2.24. The molecule has 28 heavy (non-hydrogen) atoms. The SMILES string of the molecule is CN(CC(=O)Nc1ccccc1SC1CCCC1)S(=O)(=O)c1ccc(Cl)cc1. The lowest BCUT2D eigenvalue weighted by Crippen LogP contribution is -2.35. The van der Waals surface area contributed by atoms with Gasteiger partial charge in [0.2, 0.25) is 15.9 Å². The lowest BCUT2D eigenvalue weighted by Gasteiger charge is -2.18. The van der Waals surface area contributed by atoms with Crippen LogP contribution in [0.4, 0.5) is 5.69 Å². The lowest BCUT2D eigenvalue weighted by atomic mass is 10.3. The van der Waals surface area contributed by atoms with E-state index in [-0.39, 0.29) is 17.3 Å². The van der Waals surface area contributed by atoms with Crippen LogP contribution < -0.4 is 5.32 Å². The largest absolute Gasteiger partial charge is 0.324 e. The summed E-state index contributed by atoms with van der Waals surface area (Å²) in [7, 11) is -2.37. The van der Waals surface area contributed by atoms with Crippen LogP contribution in [0.5, 0.6) is 0 Å². The first kappa shape index (κ1) is 21.2. The van der Waals surface area contributed by atoms with E-state index in [0.29, 0.717) is 10.3 Å². The quantitative estimate of drug-likeness (QED) is 0.684. The van der Waals surface area contributed by atoms with Crippen molar-refractivity contribution in [2.75, 3.05) is 18.9 Å². The van der Waals surface area contributed by atoms with Crippen LogP contribution in [0, 0.1) is 0 Å². The fourth-order valence-corrected chi connectivity index (χ4v) is 5.71. The van der Waals surface area contributed by atoms with Crippen LogP contribution in [0.3, 0.4) is 0 Å². The van der Waals surface area contributed by atoms with E-state index >= 15 is 0 Å². The number of halogens is 1. The molecule has 0 spiro atoms. The number of benzene rings is 2. The van der Waals surface area contributed by atoms with Crippen molar-refractivity contribution in [3.63, 3.8) is 0 Å². The van der Waals surface area contributed by atoms with Crippen LogP contribution in [0.2, 0.25) is 5.02 Å². The molecule has 1 fully saturated rings. The number of thioether (sulfide) groups is 1. The van der Waals surface area contributed by atoms with Gasteiger partial charge in [0, 0.05) is 22.2 Å². The molecule has 0 unspecified atom stereocenters. The molecule has 1 amide bonds. The molecule has 1 N–H and O–H groups in total. The molecule has 0 atom stereocenters. The minimum atomic E-state index is -3.76. The van der Waals surface area contributed by atoms with Gasteiger partial charge in [-0.05, 0) is 49.2 Å². The van der Waals surface area contributed by atoms with Crippen LogP contribution in [-0.4, -0.2) is 37.5 Å². The second-order valence-electron chi connectivity index (χ2n) is 6.78. The number of hydrogen-bond donors (Lipinski definition) is 1. The molecular weight excluding hydrogens is 416 g/mol. The summed E-state index contributed by atoms with van der Waals surface area (Å²) in [5, 5.41) is 3.89. The maximum atomic E-state index is 12.6. The van der Waals surface area contributed by atoms with Gasteiger partial charge in [-0.2, -0.15) is 4.31 Å². The summed E-state index contributed by atoms with van der Waals surface area (Å²) < 4.78 is 26.3. The van der Waals surface area contributed by atoms with E-state index < -0.39 is 10.0 Å². The number of carbonyl (C=O) groups excluding carboxylic acids is 1. The standard InChI is InChI=1S/C20H23ClN2O3S2/c1-23(28(25,26)17-12-10-15(21)11-13-17)14-20(24)22-18-8-4-5-9-19(18)27-16-6-2-3-7-16/h4-5,8-13,16H,2-3,6-7,14H2,1H3,(H,22,24). The van der Waals surface area contributed by atoms with Crippen LogP contribution in [0.25, 0.3) is 0 Å². The fourth-order valence-electron chi connectivity index (χ4n) is 3.12. The van der Waals surface area contributed by atoms with Crippen molar-refractivity contribution in [1.82, 2.24) is 4.31 Å². The Morgan fingerprint density at radius 1 is 1.14 bits per heavy atom. The van der Waals surface area contributed by atoms with E-state index in [1.54, 1.807) is 11.8 Å². The van der Waals surface area contributed by atoms with Crippen molar-refractivity contribution in [1.29, 1.82) is 0 Å². The van der Waals surface area contributed by atoms with Crippen LogP contribution in [-0.2, 0) is 14.8 Å². The Morgan fingerprint density at radius 2 is 1.79 bits per heavy atom. The van der Waals surface area contributed by atoms with Gasteiger partial charge in [0.1, 0.15) is 0 Å². The van der Waals surface area contributed by atoms with Crippen molar-refractivity contribution in [3.05, 3.63) is 53.6 Å². The van der Waals surface area contributed by atoms with Crippen molar-refractivity contribution in [2.45, 2.75) is 40.7 Å². The number of rotatable bonds is 7. The van der Waals surface area contributed by atoms with Gasteiger partial charge in [0.15, 0.2) is 0 Å². The molecule has 0 saturated heterocycles. The van der Waals surface area contributed by atoms with E-state index in [9.17, 15) is 13.2 Å². The predicted octanol–water partition coefficient (Wildman–Crippen LogP) is 4.63. The maximum absolute atomic E-state index is 12.6. The second kappa shape index (κ2) is 9.31. The highest BCUT2D eigenvalue weighted by Crippen LogP contribution is 2.38. The Balaban J connectivity index is 1.66. The summed E-state index contributed by atoms with van der Waals surface area (Å²) in [6.45, 7) is -0.270. The van der Waals surface area contributed by atoms with Crippen LogP contribution in [0.15, 0.2) is 58.3 Å². The highest BCUT2D eigenvalue weighted by molar-refractivity contribution is 8.00. The maximum Gasteiger partial charge on any atom is 0.243 e. The third-order valence-corrected chi connectivity index (χ3v) is 8.13. The summed E-state index contributed by atoms with van der Waals surface area (Å²) in [4.78, 5) is 13.6. The Kier molecular flexibility index (Phi) is 7.04. The number of para-hydroxylation sites is 1. The molecule has 0 aromatic heterocycles. The number of amides is 1. The second-order valence-corrected chi connectivity index (χ2v) is 10.6. The zero-order valence-electron chi connectivity index (χ0n) is 15.6. The zero-order valence-corrected chi connectivity index (χ0v) is 18.0. The number of nitrogens with one attached hydrogen (secondary N) is 1. The van der Waals surface area contributed by atoms with Crippen molar-refractivity contribution < 1.29 is 13.2 Å². The summed E-state index contributed by atoms with van der Waals surface area (Å²) in [5.74, 6) is -0.375. The van der Waals surface area contributed by atoms with E-state index in [0.717, 1.165) is 14.9 Å². The van der Waals surface area contributed by atoms with Gasteiger partial charge >= 0.3 is 0 Å². The molecule has 150 valence electrons. The average molecular weight is 439 g/mol. The summed E-state index contributed by atoms with van der Waals surface area (Å²) >= 11 is 7.60. The Labute approximate surface area is 175 Å². The average Bonchev–Trinajstić information content (AvgIpc) is 3.16. The normalized spacial score (nSPS) is 15.1. The van der Waals surface area contributed by atoms with Crippen LogP contribution in [0.1, 0.15) is 25.7 Å². The van der Waals surface area contributed by atoms with Crippen molar-refractivity contribution in [3.8, 4) is 0 Å². The van der Waals surface area contributed by atoms with Gasteiger partial charge in [-0.1, -0.05) is 36.6 Å². The monoisotopic (exact) mass is 438 g/mol. The number of anilines is 1. The molecular formula is C20H23ClN2O3S2. The predicted molar refractivity (Wildman–Crippen MR) is 114 cm³/mol. The van der Waals surface area contributed by atoms with Gasteiger partial charge in [0.25, 0.3) is 0 Å². The van der Waals surface area contributed by atoms with Gasteiger partial charge < -0.3 is 5.32 Å². The number of likely N-dealkylation sites (N-methyl/N-ethyl adjacent to an activating group) is 1. The first-order valence-corrected chi connectivity index (χ1v) is 11.8. The van der Waals surface area contributed by atoms with E-state index in [1.807, 2.05) is 24.3 Å². The fraction of sp³-hybridized carbons (Fsp3) is 0.350. The molecule has 2 aromatic carbocycles. The number of carbonyl (C=O) groups is 1. The third-order valence-electron chi connectivity index (χ3n) is 4.65. The van der Waals surface area contributed by atoms with E-state index in [1.165, 1.54) is 57.0 Å². The van der Waals surface area contributed by atoms with Gasteiger partial charge in [-0.3, -0.25) is 4.79 Å². The molecule has 1 aliphatic rings. The molecule has 0 aliphatic heterocycles. The Morgan fingerprint density at radius 3 is 2.46 bits per heavy atom. The molecule has 8 heteroatoms.